The number of non-ortho nitro benzene ring substituents is 1. The summed E-state index contributed by atoms with van der Waals surface area (Å²) >= 11 is 0. The number of hydrogen-bond acceptors (Lipinski definition) is 9. The van der Waals surface area contributed by atoms with Gasteiger partial charge in [0, 0.05) is 17.7 Å². The number of fused-ring (bicyclic) bond motifs is 3. The van der Waals surface area contributed by atoms with Gasteiger partial charge in [-0.15, -0.1) is 9.53 Å². The van der Waals surface area contributed by atoms with Crippen LogP contribution in [0, 0.1) is 10.1 Å². The zero-order valence-corrected chi connectivity index (χ0v) is 17.9. The lowest BCUT2D eigenvalue weighted by Gasteiger charge is -2.39. The lowest BCUT2D eigenvalue weighted by atomic mass is 9.80. The second-order valence-corrected chi connectivity index (χ2v) is 9.22. The number of ether oxygens (including phenoxy) is 1. The molecule has 0 amide bonds. The molecule has 0 radical (unpaired) electrons. The van der Waals surface area contributed by atoms with Gasteiger partial charge in [-0.3, -0.25) is 10.1 Å². The molecule has 1 heterocycles. The van der Waals surface area contributed by atoms with E-state index in [1.54, 1.807) is 25.1 Å². The molecule has 168 valence electrons. The maximum absolute atomic E-state index is 13.5. The van der Waals surface area contributed by atoms with Gasteiger partial charge in [-0.2, -0.15) is 8.42 Å². The molecule has 2 aromatic carbocycles. The number of esters is 1. The average molecular weight is 460 g/mol. The predicted octanol–water partition coefficient (Wildman–Crippen LogP) is 2.45. The molecular weight excluding hydrogens is 440 g/mol. The molecule has 11 nitrogen and oxygen atoms in total. The molecule has 0 fully saturated rings. The van der Waals surface area contributed by atoms with Gasteiger partial charge in [0.25, 0.3) is 15.7 Å². The number of hydrogen-bond donors (Lipinski definition) is 1. The monoisotopic (exact) mass is 460 g/mol. The first-order chi connectivity index (χ1) is 15.2. The number of aliphatic hydroxyl groups is 1. The summed E-state index contributed by atoms with van der Waals surface area (Å²) in [5.74, 6) is -0.885. The quantitative estimate of drug-likeness (QED) is 0.409. The number of nitrogens with zero attached hydrogens (tertiary/aromatic N) is 4. The highest BCUT2D eigenvalue weighted by atomic mass is 32.2. The molecule has 0 bridgehead atoms. The van der Waals surface area contributed by atoms with Crippen molar-refractivity contribution in [1.82, 2.24) is 4.41 Å². The van der Waals surface area contributed by atoms with E-state index in [9.17, 15) is 28.4 Å². The number of carbonyl (C=O) groups excluding carboxylic acids is 1. The molecule has 4 rings (SSSR count). The first-order valence-corrected chi connectivity index (χ1v) is 11.3. The minimum Gasteiger partial charge on any atom is -0.464 e. The first-order valence-electron chi connectivity index (χ1n) is 9.89. The van der Waals surface area contributed by atoms with Crippen LogP contribution in [-0.4, -0.2) is 41.0 Å². The molecule has 1 aliphatic heterocycles. The minimum atomic E-state index is -4.56. The summed E-state index contributed by atoms with van der Waals surface area (Å²) in [6, 6.07) is 10.8. The van der Waals surface area contributed by atoms with Crippen LogP contribution in [0.3, 0.4) is 0 Å². The van der Waals surface area contributed by atoms with Gasteiger partial charge < -0.3 is 9.84 Å². The molecule has 0 aromatic heterocycles. The van der Waals surface area contributed by atoms with Crippen LogP contribution in [-0.2, 0) is 31.7 Å². The van der Waals surface area contributed by atoms with Crippen molar-refractivity contribution >= 4 is 21.7 Å². The van der Waals surface area contributed by atoms with Gasteiger partial charge in [0.1, 0.15) is 0 Å². The van der Waals surface area contributed by atoms with Crippen LogP contribution in [0.15, 0.2) is 63.8 Å². The summed E-state index contributed by atoms with van der Waals surface area (Å²) in [6.45, 7) is 1.60. The molecule has 2 atom stereocenters. The van der Waals surface area contributed by atoms with E-state index in [1.807, 2.05) is 0 Å². The van der Waals surface area contributed by atoms with Gasteiger partial charge in [-0.1, -0.05) is 29.5 Å². The van der Waals surface area contributed by atoms with Crippen molar-refractivity contribution in [2.24, 2.45) is 10.3 Å². The Hall–Kier alpha value is -3.38. The van der Waals surface area contributed by atoms with E-state index in [0.29, 0.717) is 22.8 Å². The number of rotatable bonds is 5. The first kappa shape index (κ1) is 21.8. The Morgan fingerprint density at radius 2 is 1.94 bits per heavy atom. The molecule has 1 N–H and O–H groups in total. The number of benzene rings is 2. The van der Waals surface area contributed by atoms with E-state index >= 15 is 0 Å². The molecule has 0 saturated carbocycles. The molecule has 2 unspecified atom stereocenters. The minimum absolute atomic E-state index is 0.00291. The van der Waals surface area contributed by atoms with Crippen LogP contribution in [0.25, 0.3) is 0 Å². The third-order valence-electron chi connectivity index (χ3n) is 5.71. The molecule has 32 heavy (non-hydrogen) atoms. The Morgan fingerprint density at radius 3 is 2.59 bits per heavy atom. The summed E-state index contributed by atoms with van der Waals surface area (Å²) < 4.78 is 32.6. The number of carbonyl (C=O) groups is 1. The topological polar surface area (TPSA) is 152 Å². The Balaban J connectivity index is 1.92. The third-order valence-corrected chi connectivity index (χ3v) is 7.37. The molecule has 1 aliphatic carbocycles. The molecule has 0 spiro atoms. The van der Waals surface area contributed by atoms with Gasteiger partial charge in [0.15, 0.2) is 0 Å². The molecular formula is C20H20N4O7S. The van der Waals surface area contributed by atoms with E-state index in [2.05, 4.69) is 10.3 Å². The lowest BCUT2D eigenvalue weighted by molar-refractivity contribution is -0.384. The van der Waals surface area contributed by atoms with Crippen LogP contribution in [0.5, 0.6) is 0 Å². The Bertz CT molecular complexity index is 1210. The van der Waals surface area contributed by atoms with Gasteiger partial charge in [0.2, 0.25) is 11.3 Å². The standard InChI is InChI=1S/C20H20N4O7S/c1-2-31-18(25)19-13-5-7-14-6-3-4-8-17(14)20(19,26)24(22-21-19)32(29,30)16-11-9-15(10-12-16)23(27)28/h3-4,6,8-12,26H,2,5,7,13H2,1H3. The maximum atomic E-state index is 13.5. The zero-order valence-electron chi connectivity index (χ0n) is 17.0. The molecule has 0 saturated heterocycles. The predicted molar refractivity (Wildman–Crippen MR) is 110 cm³/mol. The highest BCUT2D eigenvalue weighted by Crippen LogP contribution is 2.52. The second kappa shape index (κ2) is 7.64. The number of nitro groups is 1. The van der Waals surface area contributed by atoms with Crippen LogP contribution in [0.1, 0.15) is 30.9 Å². The molecule has 12 heteroatoms. The summed E-state index contributed by atoms with van der Waals surface area (Å²) in [5, 5.41) is 30.7. The third kappa shape index (κ3) is 2.98. The van der Waals surface area contributed by atoms with Crippen LogP contribution in [0.2, 0.25) is 0 Å². The van der Waals surface area contributed by atoms with Gasteiger partial charge >= 0.3 is 5.97 Å². The highest BCUT2D eigenvalue weighted by Gasteiger charge is 2.69. The SMILES string of the molecule is CCOC(=O)C12CCCc3ccccc3C1(O)N(S(=O)(=O)c1ccc([N+](=O)[O-])cc1)N=N2. The van der Waals surface area contributed by atoms with E-state index in [-0.39, 0.29) is 29.2 Å². The van der Waals surface area contributed by atoms with Gasteiger partial charge in [-0.05, 0) is 43.9 Å². The van der Waals surface area contributed by atoms with Crippen molar-refractivity contribution in [3.05, 3.63) is 69.8 Å². The van der Waals surface area contributed by atoms with Crippen LogP contribution in [0.4, 0.5) is 5.69 Å². The Morgan fingerprint density at radius 1 is 1.25 bits per heavy atom. The average Bonchev–Trinajstić information content (AvgIpc) is 3.02. The van der Waals surface area contributed by atoms with E-state index in [1.165, 1.54) is 6.07 Å². The number of aryl methyl sites for hydroxylation is 1. The fraction of sp³-hybridized carbons (Fsp3) is 0.350. The largest absolute Gasteiger partial charge is 0.464 e. The zero-order chi connectivity index (χ0) is 23.1. The fourth-order valence-corrected chi connectivity index (χ4v) is 5.58. The van der Waals surface area contributed by atoms with E-state index < -0.39 is 32.2 Å². The van der Waals surface area contributed by atoms with Crippen molar-refractivity contribution in [3.8, 4) is 0 Å². The summed E-state index contributed by atoms with van der Waals surface area (Å²) in [7, 11) is -4.56. The molecule has 2 aromatic rings. The van der Waals surface area contributed by atoms with Crippen molar-refractivity contribution in [1.29, 1.82) is 0 Å². The lowest BCUT2D eigenvalue weighted by Crippen LogP contribution is -2.61. The van der Waals surface area contributed by atoms with E-state index in [4.69, 9.17) is 4.74 Å². The van der Waals surface area contributed by atoms with Crippen LogP contribution >= 0.6 is 0 Å². The number of sulfonamides is 1. The van der Waals surface area contributed by atoms with Crippen molar-refractivity contribution < 1.29 is 28.0 Å². The summed E-state index contributed by atoms with van der Waals surface area (Å²) in [6.07, 6.45) is 0.927. The van der Waals surface area contributed by atoms with Gasteiger partial charge in [0.05, 0.1) is 16.4 Å². The van der Waals surface area contributed by atoms with Gasteiger partial charge in [-0.25, -0.2) is 4.79 Å². The normalized spacial score (nSPS) is 24.4. The highest BCUT2D eigenvalue weighted by molar-refractivity contribution is 7.89. The van der Waals surface area contributed by atoms with Crippen molar-refractivity contribution in [3.63, 3.8) is 0 Å². The smallest absolute Gasteiger partial charge is 0.341 e. The summed E-state index contributed by atoms with van der Waals surface area (Å²) in [5.41, 5.74) is -3.94. The Labute approximate surface area is 183 Å². The van der Waals surface area contributed by atoms with Crippen molar-refractivity contribution in [2.75, 3.05) is 6.61 Å². The Kier molecular flexibility index (Phi) is 5.21. The maximum Gasteiger partial charge on any atom is 0.341 e. The fourth-order valence-electron chi connectivity index (χ4n) is 4.17. The van der Waals surface area contributed by atoms with Crippen LogP contribution < -0.4 is 0 Å². The second-order valence-electron chi connectivity index (χ2n) is 7.45. The molecule has 2 aliphatic rings. The summed E-state index contributed by atoms with van der Waals surface area (Å²) in [4.78, 5) is 23.0. The van der Waals surface area contributed by atoms with E-state index in [0.717, 1.165) is 24.3 Å². The number of nitro benzene ring substituents is 1. The van der Waals surface area contributed by atoms with Crippen molar-refractivity contribution in [2.45, 2.75) is 42.3 Å².